The summed E-state index contributed by atoms with van der Waals surface area (Å²) in [7, 11) is 0. The van der Waals surface area contributed by atoms with Gasteiger partial charge in [0.05, 0.1) is 11.1 Å². The quantitative estimate of drug-likeness (QED) is 0.880. The third kappa shape index (κ3) is 3.30. The molecule has 20 heavy (non-hydrogen) atoms. The molecule has 0 aliphatic rings. The lowest BCUT2D eigenvalue weighted by Gasteiger charge is -2.31. The molecule has 104 valence electrons. The smallest absolute Gasteiger partial charge is 0.161 e. The SMILES string of the molecule is CC(C)(C)C(Nc1ccc(Cl)c(C#N)n1)c1cccs1. The number of aromatic nitrogens is 1. The van der Waals surface area contributed by atoms with Crippen LogP contribution in [0.15, 0.2) is 29.6 Å². The molecule has 0 aromatic carbocycles. The Kier molecular flexibility index (Phi) is 4.32. The van der Waals surface area contributed by atoms with Crippen molar-refractivity contribution in [3.8, 4) is 6.07 Å². The molecule has 2 aromatic heterocycles. The normalized spacial score (nSPS) is 12.8. The van der Waals surface area contributed by atoms with Gasteiger partial charge in [-0.3, -0.25) is 0 Å². The first-order valence-corrected chi connectivity index (χ1v) is 7.54. The topological polar surface area (TPSA) is 48.7 Å². The zero-order chi connectivity index (χ0) is 14.8. The lowest BCUT2D eigenvalue weighted by atomic mass is 9.86. The monoisotopic (exact) mass is 305 g/mol. The summed E-state index contributed by atoms with van der Waals surface area (Å²) in [5, 5.41) is 14.8. The van der Waals surface area contributed by atoms with Crippen molar-refractivity contribution in [2.75, 3.05) is 5.32 Å². The zero-order valence-electron chi connectivity index (χ0n) is 11.6. The minimum Gasteiger partial charge on any atom is -0.362 e. The Hall–Kier alpha value is -1.57. The largest absolute Gasteiger partial charge is 0.362 e. The Morgan fingerprint density at radius 2 is 2.10 bits per heavy atom. The van der Waals surface area contributed by atoms with Crippen molar-refractivity contribution >= 4 is 28.8 Å². The standard InChI is InChI=1S/C15H16ClN3S/c1-15(2,3)14(12-5-4-8-20-12)19-13-7-6-10(16)11(9-17)18-13/h4-8,14H,1-3H3,(H,18,19). The highest BCUT2D eigenvalue weighted by Crippen LogP contribution is 2.37. The number of thiophene rings is 1. The first kappa shape index (κ1) is 14.8. The van der Waals surface area contributed by atoms with Gasteiger partial charge < -0.3 is 5.32 Å². The van der Waals surface area contributed by atoms with Crippen molar-refractivity contribution in [2.45, 2.75) is 26.8 Å². The molecule has 0 saturated carbocycles. The zero-order valence-corrected chi connectivity index (χ0v) is 13.2. The average Bonchev–Trinajstić information content (AvgIpc) is 2.89. The summed E-state index contributed by atoms with van der Waals surface area (Å²) in [5.74, 6) is 0.666. The molecule has 0 aliphatic carbocycles. The van der Waals surface area contributed by atoms with Gasteiger partial charge in [-0.1, -0.05) is 38.4 Å². The van der Waals surface area contributed by atoms with Crippen LogP contribution in [0.5, 0.6) is 0 Å². The van der Waals surface area contributed by atoms with Crippen LogP contribution in [0.25, 0.3) is 0 Å². The number of halogens is 1. The molecular formula is C15H16ClN3S. The number of pyridine rings is 1. The minimum atomic E-state index is 0.0268. The third-order valence-electron chi connectivity index (χ3n) is 2.94. The van der Waals surface area contributed by atoms with Crippen molar-refractivity contribution in [1.82, 2.24) is 4.98 Å². The Labute approximate surface area is 128 Å². The number of nitriles is 1. The van der Waals surface area contributed by atoms with Gasteiger partial charge >= 0.3 is 0 Å². The lowest BCUT2D eigenvalue weighted by Crippen LogP contribution is -2.25. The van der Waals surface area contributed by atoms with Crippen molar-refractivity contribution in [3.05, 3.63) is 45.2 Å². The third-order valence-corrected chi connectivity index (χ3v) is 4.18. The van der Waals surface area contributed by atoms with Gasteiger partial charge in [0.1, 0.15) is 11.9 Å². The molecule has 2 rings (SSSR count). The molecule has 0 radical (unpaired) electrons. The maximum atomic E-state index is 9.00. The predicted molar refractivity (Wildman–Crippen MR) is 84.1 cm³/mol. The van der Waals surface area contributed by atoms with Crippen LogP contribution < -0.4 is 5.32 Å². The summed E-state index contributed by atoms with van der Waals surface area (Å²) >= 11 is 7.62. The molecule has 2 heterocycles. The average molecular weight is 306 g/mol. The molecule has 0 amide bonds. The molecule has 0 fully saturated rings. The Balaban J connectivity index is 2.32. The highest BCUT2D eigenvalue weighted by atomic mass is 35.5. The van der Waals surface area contributed by atoms with Gasteiger partial charge in [0, 0.05) is 4.88 Å². The van der Waals surface area contributed by atoms with Gasteiger partial charge in [-0.2, -0.15) is 5.26 Å². The van der Waals surface area contributed by atoms with E-state index in [-0.39, 0.29) is 17.2 Å². The first-order chi connectivity index (χ1) is 9.41. The number of hydrogen-bond donors (Lipinski definition) is 1. The summed E-state index contributed by atoms with van der Waals surface area (Å²) in [5.41, 5.74) is 0.273. The molecule has 0 saturated heterocycles. The Bertz CT molecular complexity index is 624. The number of hydrogen-bond acceptors (Lipinski definition) is 4. The van der Waals surface area contributed by atoms with Gasteiger partial charge in [-0.25, -0.2) is 4.98 Å². The van der Waals surface area contributed by atoms with E-state index < -0.39 is 0 Å². The number of nitrogens with one attached hydrogen (secondary N) is 1. The Morgan fingerprint density at radius 1 is 1.35 bits per heavy atom. The van der Waals surface area contributed by atoms with E-state index >= 15 is 0 Å². The fourth-order valence-corrected chi connectivity index (χ4v) is 3.09. The van der Waals surface area contributed by atoms with E-state index in [9.17, 15) is 0 Å². The molecule has 1 atom stereocenters. The van der Waals surface area contributed by atoms with Crippen LogP contribution in [0, 0.1) is 16.7 Å². The molecule has 1 N–H and O–H groups in total. The summed E-state index contributed by atoms with van der Waals surface area (Å²) in [6.07, 6.45) is 0. The molecule has 0 spiro atoms. The number of anilines is 1. The first-order valence-electron chi connectivity index (χ1n) is 6.28. The van der Waals surface area contributed by atoms with E-state index in [0.29, 0.717) is 10.8 Å². The second kappa shape index (κ2) is 5.82. The van der Waals surface area contributed by atoms with Crippen LogP contribution in [0.1, 0.15) is 37.4 Å². The molecule has 2 aromatic rings. The molecule has 0 bridgehead atoms. The fraction of sp³-hybridized carbons (Fsp3) is 0.333. The van der Waals surface area contributed by atoms with Crippen molar-refractivity contribution in [2.24, 2.45) is 5.41 Å². The second-order valence-corrected chi connectivity index (χ2v) is 6.98. The van der Waals surface area contributed by atoms with E-state index in [1.807, 2.05) is 12.1 Å². The second-order valence-electron chi connectivity index (χ2n) is 5.60. The van der Waals surface area contributed by atoms with Crippen LogP contribution in [0.2, 0.25) is 5.02 Å². The molecule has 3 nitrogen and oxygen atoms in total. The van der Waals surface area contributed by atoms with E-state index in [4.69, 9.17) is 16.9 Å². The van der Waals surface area contributed by atoms with Crippen molar-refractivity contribution in [1.29, 1.82) is 5.26 Å². The van der Waals surface area contributed by atoms with Gasteiger partial charge in [0.25, 0.3) is 0 Å². The lowest BCUT2D eigenvalue weighted by molar-refractivity contribution is 0.351. The van der Waals surface area contributed by atoms with E-state index in [1.54, 1.807) is 23.5 Å². The van der Waals surface area contributed by atoms with Crippen molar-refractivity contribution < 1.29 is 0 Å². The highest BCUT2D eigenvalue weighted by Gasteiger charge is 2.27. The fourth-order valence-electron chi connectivity index (χ4n) is 1.92. The molecule has 0 aliphatic heterocycles. The summed E-state index contributed by atoms with van der Waals surface area (Å²) in [6.45, 7) is 6.52. The molecule has 5 heteroatoms. The summed E-state index contributed by atoms with van der Waals surface area (Å²) in [6, 6.07) is 9.77. The van der Waals surface area contributed by atoms with E-state index in [1.165, 1.54) is 4.88 Å². The Morgan fingerprint density at radius 3 is 2.65 bits per heavy atom. The molecule has 1 unspecified atom stereocenters. The van der Waals surface area contributed by atoms with Gasteiger partial charge in [0.2, 0.25) is 0 Å². The van der Waals surface area contributed by atoms with Crippen LogP contribution in [0.3, 0.4) is 0 Å². The van der Waals surface area contributed by atoms with Gasteiger partial charge in [0.15, 0.2) is 5.69 Å². The van der Waals surface area contributed by atoms with Gasteiger partial charge in [-0.15, -0.1) is 11.3 Å². The summed E-state index contributed by atoms with van der Waals surface area (Å²) < 4.78 is 0. The van der Waals surface area contributed by atoms with Crippen LogP contribution in [-0.2, 0) is 0 Å². The number of rotatable bonds is 3. The van der Waals surface area contributed by atoms with Crippen molar-refractivity contribution in [3.63, 3.8) is 0 Å². The maximum Gasteiger partial charge on any atom is 0.161 e. The van der Waals surface area contributed by atoms with Gasteiger partial charge in [-0.05, 0) is 29.0 Å². The van der Waals surface area contributed by atoms with Crippen LogP contribution in [-0.4, -0.2) is 4.98 Å². The van der Waals surface area contributed by atoms with E-state index in [2.05, 4.69) is 42.5 Å². The highest BCUT2D eigenvalue weighted by molar-refractivity contribution is 7.10. The van der Waals surface area contributed by atoms with Crippen LogP contribution >= 0.6 is 22.9 Å². The van der Waals surface area contributed by atoms with E-state index in [0.717, 1.165) is 0 Å². The predicted octanol–water partition coefficient (Wildman–Crippen LogP) is 4.87. The summed E-state index contributed by atoms with van der Waals surface area (Å²) in [4.78, 5) is 5.50. The van der Waals surface area contributed by atoms with Crippen LogP contribution in [0.4, 0.5) is 5.82 Å². The maximum absolute atomic E-state index is 9.00. The minimum absolute atomic E-state index is 0.0268. The number of nitrogens with zero attached hydrogens (tertiary/aromatic N) is 2. The molecular weight excluding hydrogens is 290 g/mol.